The van der Waals surface area contributed by atoms with Gasteiger partial charge < -0.3 is 15.5 Å². The lowest BCUT2D eigenvalue weighted by Crippen LogP contribution is -2.48. The van der Waals surface area contributed by atoms with Crippen LogP contribution in [0.4, 0.5) is 0 Å². The van der Waals surface area contributed by atoms with Crippen molar-refractivity contribution >= 4 is 27.7 Å². The molecule has 6 nitrogen and oxygen atoms in total. The fourth-order valence-electron chi connectivity index (χ4n) is 3.47. The Balaban J connectivity index is 1.51. The summed E-state index contributed by atoms with van der Waals surface area (Å²) in [5, 5.41) is 5.98. The number of nitrogens with zero attached hydrogens (tertiary/aromatic N) is 2. The normalized spacial score (nSPS) is 16.1. The van der Waals surface area contributed by atoms with Gasteiger partial charge in [0.2, 0.25) is 5.91 Å². The van der Waals surface area contributed by atoms with Crippen LogP contribution in [0.15, 0.2) is 59.1 Å². The summed E-state index contributed by atoms with van der Waals surface area (Å²) in [6.45, 7) is 5.17. The summed E-state index contributed by atoms with van der Waals surface area (Å²) in [5.41, 5.74) is 1.68. The van der Waals surface area contributed by atoms with Gasteiger partial charge >= 0.3 is 0 Å². The molecule has 30 heavy (non-hydrogen) atoms. The van der Waals surface area contributed by atoms with E-state index in [4.69, 9.17) is 0 Å². The Kier molecular flexibility index (Phi) is 8.42. The maximum Gasteiger partial charge on any atom is 0.251 e. The zero-order valence-corrected chi connectivity index (χ0v) is 18.9. The van der Waals surface area contributed by atoms with Crippen LogP contribution in [0.1, 0.15) is 28.4 Å². The quantitative estimate of drug-likeness (QED) is 0.619. The fraction of sp³-hybridized carbons (Fsp3) is 0.391. The average Bonchev–Trinajstić information content (AvgIpc) is 2.76. The largest absolute Gasteiger partial charge is 0.352 e. The Labute approximate surface area is 186 Å². The van der Waals surface area contributed by atoms with Crippen LogP contribution in [0.3, 0.4) is 0 Å². The Morgan fingerprint density at radius 2 is 1.67 bits per heavy atom. The van der Waals surface area contributed by atoms with Gasteiger partial charge in [-0.05, 0) is 36.9 Å². The molecule has 2 aromatic carbocycles. The molecule has 1 unspecified atom stereocenters. The Morgan fingerprint density at radius 1 is 1.00 bits per heavy atom. The summed E-state index contributed by atoms with van der Waals surface area (Å²) in [5.74, 6) is -0.235. The minimum atomic E-state index is -0.174. The van der Waals surface area contributed by atoms with Gasteiger partial charge in [-0.3, -0.25) is 14.5 Å². The molecule has 7 heteroatoms. The first-order chi connectivity index (χ1) is 14.5. The molecule has 2 amide bonds. The van der Waals surface area contributed by atoms with E-state index in [-0.39, 0.29) is 24.3 Å². The van der Waals surface area contributed by atoms with Crippen LogP contribution in [-0.2, 0) is 4.79 Å². The number of amides is 2. The maximum absolute atomic E-state index is 12.6. The molecular formula is C23H29BrN4O2. The number of hydrogen-bond acceptors (Lipinski definition) is 4. The van der Waals surface area contributed by atoms with Gasteiger partial charge in [-0.1, -0.05) is 46.3 Å². The number of nitrogens with one attached hydrogen (secondary N) is 2. The van der Waals surface area contributed by atoms with Crippen LogP contribution < -0.4 is 10.6 Å². The monoisotopic (exact) mass is 472 g/mol. The fourth-order valence-corrected chi connectivity index (χ4v) is 3.73. The highest BCUT2D eigenvalue weighted by Crippen LogP contribution is 2.16. The van der Waals surface area contributed by atoms with Crippen LogP contribution in [0.25, 0.3) is 0 Å². The molecule has 0 saturated carbocycles. The number of halogens is 1. The maximum atomic E-state index is 12.6. The summed E-state index contributed by atoms with van der Waals surface area (Å²) in [7, 11) is 2.14. The van der Waals surface area contributed by atoms with Crippen molar-refractivity contribution in [1.82, 2.24) is 20.4 Å². The number of hydrogen-bond donors (Lipinski definition) is 2. The molecule has 1 heterocycles. The number of benzene rings is 2. The highest BCUT2D eigenvalue weighted by Gasteiger charge is 2.21. The van der Waals surface area contributed by atoms with Gasteiger partial charge in [-0.2, -0.15) is 0 Å². The van der Waals surface area contributed by atoms with Crippen LogP contribution >= 0.6 is 15.9 Å². The van der Waals surface area contributed by atoms with Gasteiger partial charge in [0.15, 0.2) is 0 Å². The summed E-state index contributed by atoms with van der Waals surface area (Å²) < 4.78 is 0.922. The lowest BCUT2D eigenvalue weighted by molar-refractivity contribution is -0.121. The van der Waals surface area contributed by atoms with Crippen molar-refractivity contribution in [3.05, 3.63) is 70.2 Å². The summed E-state index contributed by atoms with van der Waals surface area (Å²) in [4.78, 5) is 29.5. The van der Waals surface area contributed by atoms with E-state index in [1.54, 1.807) is 12.1 Å². The summed E-state index contributed by atoms with van der Waals surface area (Å²) in [6, 6.07) is 17.2. The van der Waals surface area contributed by atoms with Gasteiger partial charge in [0.1, 0.15) is 0 Å². The topological polar surface area (TPSA) is 64.7 Å². The number of piperazine rings is 1. The first-order valence-corrected chi connectivity index (χ1v) is 11.1. The van der Waals surface area contributed by atoms with Gasteiger partial charge in [0.05, 0.1) is 6.04 Å². The molecule has 0 aromatic heterocycles. The molecule has 0 bridgehead atoms. The van der Waals surface area contributed by atoms with Crippen molar-refractivity contribution in [2.45, 2.75) is 12.5 Å². The second kappa shape index (κ2) is 11.2. The molecule has 0 radical (unpaired) electrons. The standard InChI is InChI=1S/C23H29BrN4O2/c1-27-13-15-28(16-14-27)17-21(18-5-3-2-4-6-18)26-22(29)11-12-25-23(30)19-7-9-20(24)10-8-19/h2-10,21H,11-17H2,1H3,(H,25,30)(H,26,29). The van der Waals surface area contributed by atoms with Crippen molar-refractivity contribution in [2.24, 2.45) is 0 Å². The molecule has 2 N–H and O–H groups in total. The van der Waals surface area contributed by atoms with E-state index >= 15 is 0 Å². The second-order valence-corrected chi connectivity index (χ2v) is 8.56. The van der Waals surface area contributed by atoms with E-state index in [2.05, 4.69) is 55.5 Å². The predicted octanol–water partition coefficient (Wildman–Crippen LogP) is 2.67. The van der Waals surface area contributed by atoms with Crippen LogP contribution in [-0.4, -0.2) is 67.9 Å². The van der Waals surface area contributed by atoms with E-state index in [9.17, 15) is 9.59 Å². The first kappa shape index (κ1) is 22.5. The Bertz CT molecular complexity index is 821. The van der Waals surface area contributed by atoms with Gasteiger partial charge in [0, 0.05) is 55.7 Å². The minimum absolute atomic E-state index is 0.0610. The van der Waals surface area contributed by atoms with Crippen LogP contribution in [0.2, 0.25) is 0 Å². The number of rotatable bonds is 8. The number of likely N-dealkylation sites (N-methyl/N-ethyl adjacent to an activating group) is 1. The summed E-state index contributed by atoms with van der Waals surface area (Å²) >= 11 is 3.36. The number of carbonyl (C=O) groups is 2. The van der Waals surface area contributed by atoms with Crippen molar-refractivity contribution in [3.63, 3.8) is 0 Å². The van der Waals surface area contributed by atoms with Crippen molar-refractivity contribution in [2.75, 3.05) is 46.3 Å². The zero-order chi connectivity index (χ0) is 21.3. The molecule has 2 aromatic rings. The smallest absolute Gasteiger partial charge is 0.251 e. The zero-order valence-electron chi connectivity index (χ0n) is 17.3. The molecule has 160 valence electrons. The third-order valence-corrected chi connectivity index (χ3v) is 5.85. The van der Waals surface area contributed by atoms with Crippen LogP contribution in [0.5, 0.6) is 0 Å². The molecule has 1 aliphatic rings. The molecule has 1 fully saturated rings. The SMILES string of the molecule is CN1CCN(CC(NC(=O)CCNC(=O)c2ccc(Br)cc2)c2ccccc2)CC1. The summed E-state index contributed by atoms with van der Waals surface area (Å²) in [6.07, 6.45) is 0.244. The van der Waals surface area contributed by atoms with E-state index in [0.717, 1.165) is 42.8 Å². The van der Waals surface area contributed by atoms with Gasteiger partial charge in [-0.15, -0.1) is 0 Å². The molecule has 0 aliphatic carbocycles. The lowest BCUT2D eigenvalue weighted by Gasteiger charge is -2.35. The molecule has 1 aliphatic heterocycles. The van der Waals surface area contributed by atoms with E-state index < -0.39 is 0 Å². The Morgan fingerprint density at radius 3 is 2.33 bits per heavy atom. The molecule has 1 atom stereocenters. The lowest BCUT2D eigenvalue weighted by atomic mass is 10.1. The van der Waals surface area contributed by atoms with Crippen molar-refractivity contribution in [3.8, 4) is 0 Å². The third kappa shape index (κ3) is 6.93. The van der Waals surface area contributed by atoms with E-state index in [0.29, 0.717) is 12.1 Å². The van der Waals surface area contributed by atoms with Gasteiger partial charge in [0.25, 0.3) is 5.91 Å². The van der Waals surface area contributed by atoms with E-state index in [1.807, 2.05) is 30.3 Å². The average molecular weight is 473 g/mol. The highest BCUT2D eigenvalue weighted by atomic mass is 79.9. The third-order valence-electron chi connectivity index (χ3n) is 5.32. The van der Waals surface area contributed by atoms with Crippen molar-refractivity contribution in [1.29, 1.82) is 0 Å². The predicted molar refractivity (Wildman–Crippen MR) is 122 cm³/mol. The first-order valence-electron chi connectivity index (χ1n) is 10.3. The second-order valence-electron chi connectivity index (χ2n) is 7.65. The van der Waals surface area contributed by atoms with E-state index in [1.165, 1.54) is 0 Å². The molecule has 3 rings (SSSR count). The Hall–Kier alpha value is -2.22. The molecular weight excluding hydrogens is 444 g/mol. The van der Waals surface area contributed by atoms with Gasteiger partial charge in [-0.25, -0.2) is 0 Å². The highest BCUT2D eigenvalue weighted by molar-refractivity contribution is 9.10. The van der Waals surface area contributed by atoms with Crippen LogP contribution in [0, 0.1) is 0 Å². The molecule has 1 saturated heterocycles. The van der Waals surface area contributed by atoms with Crippen molar-refractivity contribution < 1.29 is 9.59 Å². The number of carbonyl (C=O) groups excluding carboxylic acids is 2. The minimum Gasteiger partial charge on any atom is -0.352 e. The molecule has 0 spiro atoms.